The summed E-state index contributed by atoms with van der Waals surface area (Å²) in [5.41, 5.74) is 5.66. The van der Waals surface area contributed by atoms with Gasteiger partial charge in [0.25, 0.3) is 0 Å². The monoisotopic (exact) mass is 292 g/mol. The van der Waals surface area contributed by atoms with E-state index in [-0.39, 0.29) is 10.0 Å². The average Bonchev–Trinajstić information content (AvgIpc) is 2.10. The van der Waals surface area contributed by atoms with Crippen LogP contribution in [0.4, 0.5) is 4.79 Å². The largest absolute Gasteiger partial charge is 0.465 e. The normalized spacial score (nSPS) is 15.9. The highest BCUT2D eigenvalue weighted by Crippen LogP contribution is 2.37. The van der Waals surface area contributed by atoms with Crippen molar-refractivity contribution in [2.24, 2.45) is 5.73 Å². The van der Waals surface area contributed by atoms with Gasteiger partial charge in [-0.3, -0.25) is 0 Å². The summed E-state index contributed by atoms with van der Waals surface area (Å²) < 4.78 is 6.07. The summed E-state index contributed by atoms with van der Waals surface area (Å²) in [4.78, 5) is 10.8. The van der Waals surface area contributed by atoms with Gasteiger partial charge in [0.2, 0.25) is 0 Å². The van der Waals surface area contributed by atoms with E-state index < -0.39 is 26.6 Å². The Bertz CT molecular complexity index is 329. The second kappa shape index (κ2) is 5.99. The third kappa shape index (κ3) is 4.91. The van der Waals surface area contributed by atoms with Crippen LogP contribution in [0.5, 0.6) is 0 Å². The summed E-state index contributed by atoms with van der Waals surface area (Å²) in [5, 5.41) is 11.1. The molecule has 1 amide bonds. The van der Waals surface area contributed by atoms with Gasteiger partial charge in [-0.1, -0.05) is 33.0 Å². The topological polar surface area (TPSA) is 84.6 Å². The molecule has 0 aromatic rings. The summed E-state index contributed by atoms with van der Waals surface area (Å²) in [7, 11) is -2.05. The number of rotatable bonds is 5. The molecule has 0 unspecified atom stereocenters. The maximum Gasteiger partial charge on any atom is 0.404 e. The molecule has 0 rings (SSSR count). The predicted octanol–water partition coefficient (Wildman–Crippen LogP) is 2.32. The maximum absolute atomic E-state index is 10.7. The first-order chi connectivity index (χ1) is 7.88. The summed E-state index contributed by atoms with van der Waals surface area (Å²) >= 11 is 4.98. The predicted molar refractivity (Wildman–Crippen MR) is 79.5 cm³/mol. The Balaban J connectivity index is 4.95. The van der Waals surface area contributed by atoms with E-state index in [1.165, 1.54) is 0 Å². The third-order valence-corrected chi connectivity index (χ3v) is 8.00. The fourth-order valence-electron chi connectivity index (χ4n) is 1.17. The highest BCUT2D eigenvalue weighted by molar-refractivity contribution is 7.80. The molecule has 0 spiro atoms. The minimum Gasteiger partial charge on any atom is -0.465 e. The zero-order valence-corrected chi connectivity index (χ0v) is 13.7. The molecule has 0 heterocycles. The van der Waals surface area contributed by atoms with Crippen molar-refractivity contribution in [2.75, 3.05) is 0 Å². The van der Waals surface area contributed by atoms with E-state index in [4.69, 9.17) is 27.5 Å². The molecule has 0 saturated carbocycles. The molecule has 4 N–H and O–H groups in total. The lowest BCUT2D eigenvalue weighted by Crippen LogP contribution is -2.54. The lowest BCUT2D eigenvalue weighted by Gasteiger charge is -2.40. The first-order valence-electron chi connectivity index (χ1n) is 5.85. The van der Waals surface area contributed by atoms with E-state index in [2.05, 4.69) is 39.2 Å². The van der Waals surface area contributed by atoms with E-state index in [1.807, 2.05) is 0 Å². The Kier molecular flexibility index (Phi) is 5.77. The van der Waals surface area contributed by atoms with Gasteiger partial charge >= 0.3 is 6.09 Å². The average molecular weight is 292 g/mol. The van der Waals surface area contributed by atoms with Crippen LogP contribution in [0, 0.1) is 0 Å². The maximum atomic E-state index is 10.7. The number of hydrogen-bond acceptors (Lipinski definition) is 3. The van der Waals surface area contributed by atoms with Crippen LogP contribution in [0.3, 0.4) is 0 Å². The summed E-state index contributed by atoms with van der Waals surface area (Å²) in [6.45, 7) is 12.2. The molecule has 0 fully saturated rings. The van der Waals surface area contributed by atoms with Gasteiger partial charge in [0.05, 0.1) is 6.04 Å². The molecular weight excluding hydrogens is 268 g/mol. The van der Waals surface area contributed by atoms with Gasteiger partial charge in [0.1, 0.15) is 11.1 Å². The van der Waals surface area contributed by atoms with Crippen LogP contribution in [0.2, 0.25) is 18.1 Å². The van der Waals surface area contributed by atoms with Gasteiger partial charge in [-0.25, -0.2) is 4.79 Å². The van der Waals surface area contributed by atoms with Crippen molar-refractivity contribution in [3.05, 3.63) is 0 Å². The molecular formula is C11H24N2O3SSi. The summed E-state index contributed by atoms with van der Waals surface area (Å²) in [6.07, 6.45) is -1.68. The highest BCUT2D eigenvalue weighted by Gasteiger charge is 2.41. The first kappa shape index (κ1) is 17.3. The minimum absolute atomic E-state index is 0.0129. The van der Waals surface area contributed by atoms with E-state index in [0.717, 1.165) is 0 Å². The summed E-state index contributed by atoms with van der Waals surface area (Å²) in [6, 6.07) is -0.464. The quantitative estimate of drug-likeness (QED) is 0.535. The Morgan fingerprint density at radius 3 is 2.17 bits per heavy atom. The lowest BCUT2D eigenvalue weighted by atomic mass is 10.2. The summed E-state index contributed by atoms with van der Waals surface area (Å²) in [5.74, 6) is 0. The molecule has 0 saturated heterocycles. The van der Waals surface area contributed by atoms with Crippen molar-refractivity contribution in [3.63, 3.8) is 0 Å². The van der Waals surface area contributed by atoms with E-state index >= 15 is 0 Å². The molecule has 18 heavy (non-hydrogen) atoms. The number of thiocarbonyl (C=S) groups is 1. The smallest absolute Gasteiger partial charge is 0.404 e. The number of amides is 1. The van der Waals surface area contributed by atoms with Gasteiger partial charge in [-0.2, -0.15) is 0 Å². The van der Waals surface area contributed by atoms with Crippen LogP contribution >= 0.6 is 12.2 Å². The van der Waals surface area contributed by atoms with Gasteiger partial charge in [-0.05, 0) is 25.1 Å². The lowest BCUT2D eigenvalue weighted by molar-refractivity contribution is 0.168. The van der Waals surface area contributed by atoms with Crippen molar-refractivity contribution in [3.8, 4) is 0 Å². The number of nitrogens with one attached hydrogen (secondary N) is 1. The molecule has 0 aliphatic carbocycles. The van der Waals surface area contributed by atoms with Crippen molar-refractivity contribution in [1.29, 1.82) is 0 Å². The molecule has 0 aromatic heterocycles. The molecule has 0 aromatic carbocycles. The Hall–Kier alpha value is -0.663. The highest BCUT2D eigenvalue weighted by atomic mass is 32.1. The van der Waals surface area contributed by atoms with E-state index in [0.29, 0.717) is 0 Å². The van der Waals surface area contributed by atoms with Gasteiger partial charge in [0.15, 0.2) is 8.32 Å². The van der Waals surface area contributed by atoms with Crippen molar-refractivity contribution in [1.82, 2.24) is 5.32 Å². The number of carboxylic acid groups (broad SMARTS) is 1. The van der Waals surface area contributed by atoms with Crippen LogP contribution in [-0.2, 0) is 4.43 Å². The molecule has 0 radical (unpaired) electrons. The van der Waals surface area contributed by atoms with Gasteiger partial charge in [0, 0.05) is 0 Å². The van der Waals surface area contributed by atoms with E-state index in [9.17, 15) is 4.79 Å². The fourth-order valence-corrected chi connectivity index (χ4v) is 2.83. The third-order valence-electron chi connectivity index (χ3n) is 3.31. The Morgan fingerprint density at radius 1 is 1.44 bits per heavy atom. The minimum atomic E-state index is -2.05. The van der Waals surface area contributed by atoms with Gasteiger partial charge in [-0.15, -0.1) is 0 Å². The van der Waals surface area contributed by atoms with Gasteiger partial charge < -0.3 is 20.6 Å². The van der Waals surface area contributed by atoms with Crippen LogP contribution in [-0.4, -0.2) is 36.7 Å². The molecule has 106 valence electrons. The fraction of sp³-hybridized carbons (Fsp3) is 0.818. The molecule has 0 bridgehead atoms. The van der Waals surface area contributed by atoms with Crippen LogP contribution in [0.15, 0.2) is 0 Å². The van der Waals surface area contributed by atoms with Crippen LogP contribution in [0.25, 0.3) is 0 Å². The standard InChI is InChI=1S/C11H24N2O3SSi/c1-7(13-10(14)15)8(9(12)17)16-18(5,6)11(2,3)4/h7-8,13H,1-6H3,(H2,12,17)(H,14,15)/t7-,8-/m0/s1. The molecule has 7 heteroatoms. The van der Waals surface area contributed by atoms with Crippen molar-refractivity contribution >= 4 is 31.6 Å². The second-order valence-electron chi connectivity index (χ2n) is 5.94. The Morgan fingerprint density at radius 2 is 1.89 bits per heavy atom. The van der Waals surface area contributed by atoms with Crippen molar-refractivity contribution < 1.29 is 14.3 Å². The van der Waals surface area contributed by atoms with Crippen LogP contribution < -0.4 is 11.1 Å². The zero-order chi connectivity index (χ0) is 14.7. The molecule has 2 atom stereocenters. The van der Waals surface area contributed by atoms with Crippen molar-refractivity contribution in [2.45, 2.75) is 58.0 Å². The molecule has 0 aliphatic rings. The zero-order valence-electron chi connectivity index (χ0n) is 11.9. The van der Waals surface area contributed by atoms with Crippen LogP contribution in [0.1, 0.15) is 27.7 Å². The SMILES string of the molecule is C[C@H](NC(=O)O)[C@H](O[Si](C)(C)C(C)(C)C)C(N)=S. The first-order valence-corrected chi connectivity index (χ1v) is 9.16. The Labute approximate surface area is 115 Å². The molecule has 0 aliphatic heterocycles. The van der Waals surface area contributed by atoms with E-state index in [1.54, 1.807) is 6.92 Å². The number of hydrogen-bond donors (Lipinski definition) is 3. The number of nitrogens with two attached hydrogens (primary N) is 1. The number of carbonyl (C=O) groups is 1. The second-order valence-corrected chi connectivity index (χ2v) is 11.2. The molecule has 5 nitrogen and oxygen atoms in total.